The second-order valence-electron chi connectivity index (χ2n) is 6.96. The zero-order valence-electron chi connectivity index (χ0n) is 17.3. The third-order valence-corrected chi connectivity index (χ3v) is 6.12. The maximum Gasteiger partial charge on any atom is 0.251 e. The number of amides is 2. The monoisotopic (exact) mass is 473 g/mol. The molecule has 0 saturated heterocycles. The number of carbonyl (C=O) groups excluding carboxylic acids is 2. The minimum absolute atomic E-state index is 0.174. The number of aromatic nitrogens is 3. The van der Waals surface area contributed by atoms with Crippen LogP contribution in [0.1, 0.15) is 23.1 Å². The topological polar surface area (TPSA) is 107 Å². The van der Waals surface area contributed by atoms with Crippen LogP contribution in [0.3, 0.4) is 0 Å². The van der Waals surface area contributed by atoms with Gasteiger partial charge in [0.05, 0.1) is 11.8 Å². The predicted molar refractivity (Wildman–Crippen MR) is 120 cm³/mol. The van der Waals surface area contributed by atoms with Crippen LogP contribution in [-0.4, -0.2) is 38.6 Å². The number of benzene rings is 2. The van der Waals surface area contributed by atoms with Crippen molar-refractivity contribution in [1.29, 1.82) is 0 Å². The number of halogens is 1. The molecule has 2 amide bonds. The number of ether oxygens (including phenoxy) is 2. The molecule has 0 saturated carbocycles. The molecule has 0 fully saturated rings. The lowest BCUT2D eigenvalue weighted by atomic mass is 10.2. The fourth-order valence-electron chi connectivity index (χ4n) is 2.89. The molecular formula is C21H20ClN5O4S. The number of carbonyl (C=O) groups is 2. The Hall–Kier alpha value is -3.24. The SMILES string of the molecule is CC(Sc1nnc(CNC(=O)c2ccc(Cl)cc2)n1C)C(=O)Nc1ccc2c(c1)OCO2. The van der Waals surface area contributed by atoms with E-state index in [0.717, 1.165) is 0 Å². The van der Waals surface area contributed by atoms with Crippen LogP contribution in [0.25, 0.3) is 0 Å². The van der Waals surface area contributed by atoms with Crippen molar-refractivity contribution in [2.24, 2.45) is 7.05 Å². The number of anilines is 1. The van der Waals surface area contributed by atoms with Crippen molar-refractivity contribution >= 4 is 40.9 Å². The Morgan fingerprint density at radius 2 is 1.91 bits per heavy atom. The first-order valence-electron chi connectivity index (χ1n) is 9.70. The average Bonchev–Trinajstić information content (AvgIpc) is 3.39. The highest BCUT2D eigenvalue weighted by atomic mass is 35.5. The molecule has 1 aliphatic heterocycles. The summed E-state index contributed by atoms with van der Waals surface area (Å²) in [4.78, 5) is 24.9. The summed E-state index contributed by atoms with van der Waals surface area (Å²) in [5.74, 6) is 1.39. The summed E-state index contributed by atoms with van der Waals surface area (Å²) in [5, 5.41) is 14.6. The zero-order valence-corrected chi connectivity index (χ0v) is 18.9. The highest BCUT2D eigenvalue weighted by Gasteiger charge is 2.20. The van der Waals surface area contributed by atoms with Crippen molar-refractivity contribution in [3.63, 3.8) is 0 Å². The first-order valence-corrected chi connectivity index (χ1v) is 11.0. The highest BCUT2D eigenvalue weighted by Crippen LogP contribution is 2.34. The normalized spacial score (nSPS) is 13.0. The quantitative estimate of drug-likeness (QED) is 0.507. The molecule has 1 atom stereocenters. The van der Waals surface area contributed by atoms with Gasteiger partial charge in [0.1, 0.15) is 0 Å². The van der Waals surface area contributed by atoms with Crippen molar-refractivity contribution in [1.82, 2.24) is 20.1 Å². The van der Waals surface area contributed by atoms with Gasteiger partial charge >= 0.3 is 0 Å². The fourth-order valence-corrected chi connectivity index (χ4v) is 3.85. The van der Waals surface area contributed by atoms with Crippen LogP contribution in [0.5, 0.6) is 11.5 Å². The van der Waals surface area contributed by atoms with E-state index in [1.54, 1.807) is 61.0 Å². The summed E-state index contributed by atoms with van der Waals surface area (Å²) in [7, 11) is 1.79. The van der Waals surface area contributed by atoms with Crippen molar-refractivity contribution in [3.8, 4) is 11.5 Å². The van der Waals surface area contributed by atoms with Gasteiger partial charge in [-0.2, -0.15) is 0 Å². The maximum absolute atomic E-state index is 12.6. The minimum Gasteiger partial charge on any atom is -0.454 e. The molecule has 0 spiro atoms. The van der Waals surface area contributed by atoms with E-state index in [1.165, 1.54) is 11.8 Å². The van der Waals surface area contributed by atoms with E-state index in [9.17, 15) is 9.59 Å². The van der Waals surface area contributed by atoms with Crippen LogP contribution in [0.2, 0.25) is 5.02 Å². The van der Waals surface area contributed by atoms with Gasteiger partial charge in [0.15, 0.2) is 22.5 Å². The van der Waals surface area contributed by atoms with Gasteiger partial charge in [-0.15, -0.1) is 10.2 Å². The Labute approximate surface area is 193 Å². The van der Waals surface area contributed by atoms with Crippen LogP contribution >= 0.6 is 23.4 Å². The number of fused-ring (bicyclic) bond motifs is 1. The van der Waals surface area contributed by atoms with E-state index in [0.29, 0.717) is 38.8 Å². The lowest BCUT2D eigenvalue weighted by molar-refractivity contribution is -0.115. The molecular weight excluding hydrogens is 454 g/mol. The lowest BCUT2D eigenvalue weighted by Crippen LogP contribution is -2.24. The van der Waals surface area contributed by atoms with E-state index in [2.05, 4.69) is 20.8 Å². The van der Waals surface area contributed by atoms with E-state index >= 15 is 0 Å². The van der Waals surface area contributed by atoms with Crippen LogP contribution < -0.4 is 20.1 Å². The number of nitrogens with one attached hydrogen (secondary N) is 2. The zero-order chi connectivity index (χ0) is 22.7. The molecule has 0 radical (unpaired) electrons. The van der Waals surface area contributed by atoms with Gasteiger partial charge in [0.2, 0.25) is 12.7 Å². The van der Waals surface area contributed by atoms with Crippen LogP contribution in [0, 0.1) is 0 Å². The molecule has 9 nitrogen and oxygen atoms in total. The van der Waals surface area contributed by atoms with Crippen LogP contribution in [0.4, 0.5) is 5.69 Å². The van der Waals surface area contributed by atoms with Crippen molar-refractivity contribution in [2.75, 3.05) is 12.1 Å². The van der Waals surface area contributed by atoms with Crippen molar-refractivity contribution in [2.45, 2.75) is 23.9 Å². The second-order valence-corrected chi connectivity index (χ2v) is 8.71. The minimum atomic E-state index is -0.431. The second kappa shape index (κ2) is 9.49. The lowest BCUT2D eigenvalue weighted by Gasteiger charge is -2.12. The van der Waals surface area contributed by atoms with Crippen molar-refractivity contribution < 1.29 is 19.1 Å². The van der Waals surface area contributed by atoms with E-state index in [1.807, 2.05) is 0 Å². The Morgan fingerprint density at radius 3 is 2.69 bits per heavy atom. The molecule has 1 aromatic heterocycles. The first kappa shape index (κ1) is 22.0. The predicted octanol–water partition coefficient (Wildman–Crippen LogP) is 3.25. The number of thioether (sulfide) groups is 1. The maximum atomic E-state index is 12.6. The van der Waals surface area contributed by atoms with E-state index in [4.69, 9.17) is 21.1 Å². The molecule has 4 rings (SSSR count). The van der Waals surface area contributed by atoms with Crippen molar-refractivity contribution in [3.05, 3.63) is 58.9 Å². The van der Waals surface area contributed by atoms with Gasteiger partial charge in [0.25, 0.3) is 5.91 Å². The molecule has 2 heterocycles. The largest absolute Gasteiger partial charge is 0.454 e. The average molecular weight is 474 g/mol. The molecule has 32 heavy (non-hydrogen) atoms. The molecule has 0 aliphatic carbocycles. The van der Waals surface area contributed by atoms with Gasteiger partial charge in [-0.1, -0.05) is 23.4 Å². The molecule has 11 heteroatoms. The molecule has 1 aliphatic rings. The number of rotatable bonds is 7. The number of hydrogen-bond donors (Lipinski definition) is 2. The summed E-state index contributed by atoms with van der Waals surface area (Å²) in [6.07, 6.45) is 0. The molecule has 166 valence electrons. The van der Waals surface area contributed by atoms with Gasteiger partial charge in [0, 0.05) is 29.4 Å². The molecule has 1 unspecified atom stereocenters. The third kappa shape index (κ3) is 4.97. The van der Waals surface area contributed by atoms with Crippen LogP contribution in [0.15, 0.2) is 47.6 Å². The number of nitrogens with zero attached hydrogens (tertiary/aromatic N) is 3. The number of hydrogen-bond acceptors (Lipinski definition) is 7. The Kier molecular flexibility index (Phi) is 6.52. The molecule has 3 aromatic rings. The first-order chi connectivity index (χ1) is 15.4. The Bertz CT molecular complexity index is 1150. The van der Waals surface area contributed by atoms with Crippen LogP contribution in [-0.2, 0) is 18.4 Å². The molecule has 2 N–H and O–H groups in total. The highest BCUT2D eigenvalue weighted by molar-refractivity contribution is 8.00. The Morgan fingerprint density at radius 1 is 1.16 bits per heavy atom. The van der Waals surface area contributed by atoms with Gasteiger partial charge < -0.3 is 24.7 Å². The molecule has 0 bridgehead atoms. The Balaban J connectivity index is 1.32. The van der Waals surface area contributed by atoms with Gasteiger partial charge in [-0.05, 0) is 43.3 Å². The summed E-state index contributed by atoms with van der Waals surface area (Å²) in [5.41, 5.74) is 1.12. The summed E-state index contributed by atoms with van der Waals surface area (Å²) in [6, 6.07) is 11.8. The van der Waals surface area contributed by atoms with Gasteiger partial charge in [-0.3, -0.25) is 9.59 Å². The fraction of sp³-hybridized carbons (Fsp3) is 0.238. The summed E-state index contributed by atoms with van der Waals surface area (Å²) >= 11 is 7.12. The smallest absolute Gasteiger partial charge is 0.251 e. The van der Waals surface area contributed by atoms with Gasteiger partial charge in [-0.25, -0.2) is 0 Å². The summed E-state index contributed by atoms with van der Waals surface area (Å²) in [6.45, 7) is 2.15. The third-order valence-electron chi connectivity index (χ3n) is 4.73. The standard InChI is InChI=1S/C21H20ClN5O4S/c1-12(19(28)24-15-7-8-16-17(9-15)31-11-30-16)32-21-26-25-18(27(21)2)10-23-20(29)13-3-5-14(22)6-4-13/h3-9,12H,10-11H2,1-2H3,(H,23,29)(H,24,28). The van der Waals surface area contributed by atoms with E-state index in [-0.39, 0.29) is 25.2 Å². The summed E-state index contributed by atoms with van der Waals surface area (Å²) < 4.78 is 12.4. The van der Waals surface area contributed by atoms with E-state index < -0.39 is 5.25 Å². The molecule has 2 aromatic carbocycles.